The van der Waals surface area contributed by atoms with Gasteiger partial charge < -0.3 is 10.2 Å². The van der Waals surface area contributed by atoms with Gasteiger partial charge in [0.05, 0.1) is 5.56 Å². The molecule has 0 aliphatic carbocycles. The molecule has 0 amide bonds. The Bertz CT molecular complexity index is 544. The molecular weight excluding hydrogens is 192 g/mol. The molecule has 0 aliphatic rings. The Morgan fingerprint density at radius 2 is 1.87 bits per heavy atom. The van der Waals surface area contributed by atoms with Crippen molar-refractivity contribution < 1.29 is 15.0 Å². The number of carbonyl (C=O) groups is 1. The molecule has 0 radical (unpaired) electrons. The number of hydrogen-bond acceptors (Lipinski definition) is 3. The van der Waals surface area contributed by atoms with E-state index in [0.717, 1.165) is 0 Å². The van der Waals surface area contributed by atoms with Gasteiger partial charge in [-0.3, -0.25) is 4.79 Å². The van der Waals surface area contributed by atoms with Crippen molar-refractivity contribution in [3.05, 3.63) is 35.9 Å². The predicted molar refractivity (Wildman–Crippen MR) is 57.3 cm³/mol. The third-order valence-corrected chi connectivity index (χ3v) is 2.35. The summed E-state index contributed by atoms with van der Waals surface area (Å²) in [6.45, 7) is 1.40. The lowest BCUT2D eigenvalue weighted by Crippen LogP contribution is -1.92. The second-order valence-electron chi connectivity index (χ2n) is 3.42. The first-order valence-electron chi connectivity index (χ1n) is 4.55. The first kappa shape index (κ1) is 9.52. The van der Waals surface area contributed by atoms with Crippen molar-refractivity contribution in [3.8, 4) is 11.5 Å². The van der Waals surface area contributed by atoms with Crippen LogP contribution in [-0.4, -0.2) is 16.0 Å². The maximum atomic E-state index is 11.2. The van der Waals surface area contributed by atoms with Gasteiger partial charge in [-0.15, -0.1) is 0 Å². The maximum Gasteiger partial charge on any atom is 0.163 e. The van der Waals surface area contributed by atoms with Gasteiger partial charge in [-0.1, -0.05) is 6.07 Å². The van der Waals surface area contributed by atoms with E-state index in [1.54, 1.807) is 24.3 Å². The molecule has 15 heavy (non-hydrogen) atoms. The zero-order chi connectivity index (χ0) is 11.0. The summed E-state index contributed by atoms with van der Waals surface area (Å²) in [5, 5.41) is 20.3. The van der Waals surface area contributed by atoms with Crippen LogP contribution in [0.15, 0.2) is 30.3 Å². The Morgan fingerprint density at radius 3 is 2.53 bits per heavy atom. The Labute approximate surface area is 86.6 Å². The molecule has 0 atom stereocenters. The van der Waals surface area contributed by atoms with Crippen molar-refractivity contribution in [2.75, 3.05) is 0 Å². The monoisotopic (exact) mass is 202 g/mol. The van der Waals surface area contributed by atoms with Crippen LogP contribution in [0.3, 0.4) is 0 Å². The topological polar surface area (TPSA) is 57.5 Å². The van der Waals surface area contributed by atoms with E-state index in [-0.39, 0.29) is 17.3 Å². The maximum absolute atomic E-state index is 11.2. The van der Waals surface area contributed by atoms with Crippen molar-refractivity contribution in [3.63, 3.8) is 0 Å². The summed E-state index contributed by atoms with van der Waals surface area (Å²) in [4.78, 5) is 11.2. The van der Waals surface area contributed by atoms with E-state index in [1.165, 1.54) is 13.0 Å². The van der Waals surface area contributed by atoms with E-state index < -0.39 is 0 Å². The fourth-order valence-corrected chi connectivity index (χ4v) is 1.58. The van der Waals surface area contributed by atoms with Crippen LogP contribution in [0.4, 0.5) is 0 Å². The van der Waals surface area contributed by atoms with Crippen molar-refractivity contribution in [1.82, 2.24) is 0 Å². The number of aromatic hydroxyl groups is 2. The van der Waals surface area contributed by atoms with Crippen LogP contribution in [0.25, 0.3) is 10.8 Å². The Morgan fingerprint density at radius 1 is 1.13 bits per heavy atom. The summed E-state index contributed by atoms with van der Waals surface area (Å²) in [7, 11) is 0. The van der Waals surface area contributed by atoms with Crippen LogP contribution in [0.1, 0.15) is 17.3 Å². The van der Waals surface area contributed by atoms with E-state index >= 15 is 0 Å². The Balaban J connectivity index is 2.80. The molecule has 0 fully saturated rings. The molecule has 0 bridgehead atoms. The van der Waals surface area contributed by atoms with Gasteiger partial charge in [0.15, 0.2) is 5.78 Å². The fraction of sp³-hybridized carbons (Fsp3) is 0.0833. The molecule has 2 aromatic carbocycles. The third-order valence-electron chi connectivity index (χ3n) is 2.35. The number of hydrogen-bond donors (Lipinski definition) is 2. The average Bonchev–Trinajstić information content (AvgIpc) is 2.17. The molecular formula is C12H10O3. The number of phenols is 2. The van der Waals surface area contributed by atoms with E-state index in [9.17, 15) is 15.0 Å². The normalized spacial score (nSPS) is 10.5. The standard InChI is InChI=1S/C12H10O3/c1-7(13)10-4-2-8-6-9(14)3-5-11(8)12(10)15/h2-6,14-15H,1H3. The van der Waals surface area contributed by atoms with Crippen LogP contribution < -0.4 is 0 Å². The summed E-state index contributed by atoms with van der Waals surface area (Å²) in [6.07, 6.45) is 0. The molecule has 0 unspecified atom stereocenters. The summed E-state index contributed by atoms with van der Waals surface area (Å²) >= 11 is 0. The quantitative estimate of drug-likeness (QED) is 0.698. The SMILES string of the molecule is CC(=O)c1ccc2cc(O)ccc2c1O. The van der Waals surface area contributed by atoms with E-state index in [2.05, 4.69) is 0 Å². The van der Waals surface area contributed by atoms with Crippen molar-refractivity contribution in [1.29, 1.82) is 0 Å². The third kappa shape index (κ3) is 1.52. The molecule has 3 nitrogen and oxygen atoms in total. The number of ketones is 1. The lowest BCUT2D eigenvalue weighted by molar-refractivity contribution is 0.101. The molecule has 2 aromatic rings. The summed E-state index contributed by atoms with van der Waals surface area (Å²) in [5.74, 6) is -0.0695. The molecule has 0 aromatic heterocycles. The van der Waals surface area contributed by atoms with Gasteiger partial charge in [0.2, 0.25) is 0 Å². The van der Waals surface area contributed by atoms with Gasteiger partial charge in [0.1, 0.15) is 11.5 Å². The average molecular weight is 202 g/mol. The fourth-order valence-electron chi connectivity index (χ4n) is 1.58. The Kier molecular flexibility index (Phi) is 2.08. The van der Waals surface area contributed by atoms with Gasteiger partial charge in [0.25, 0.3) is 0 Å². The van der Waals surface area contributed by atoms with E-state index in [0.29, 0.717) is 16.3 Å². The smallest absolute Gasteiger partial charge is 0.163 e. The molecule has 2 N–H and O–H groups in total. The minimum atomic E-state index is -0.178. The second-order valence-corrected chi connectivity index (χ2v) is 3.42. The van der Waals surface area contributed by atoms with Gasteiger partial charge in [0, 0.05) is 5.39 Å². The minimum absolute atomic E-state index is 0.0278. The number of carbonyl (C=O) groups excluding carboxylic acids is 1. The van der Waals surface area contributed by atoms with E-state index in [4.69, 9.17) is 0 Å². The molecule has 0 aliphatic heterocycles. The zero-order valence-electron chi connectivity index (χ0n) is 8.19. The van der Waals surface area contributed by atoms with Crippen molar-refractivity contribution in [2.45, 2.75) is 6.92 Å². The number of Topliss-reactive ketones (excluding diaryl/α,β-unsaturated/α-hetero) is 1. The number of phenolic OH excluding ortho intramolecular Hbond substituents is 2. The number of benzene rings is 2. The highest BCUT2D eigenvalue weighted by Gasteiger charge is 2.09. The summed E-state index contributed by atoms with van der Waals surface area (Å²) < 4.78 is 0. The molecule has 0 saturated heterocycles. The zero-order valence-corrected chi connectivity index (χ0v) is 8.19. The highest BCUT2D eigenvalue weighted by Crippen LogP contribution is 2.30. The first-order valence-corrected chi connectivity index (χ1v) is 4.55. The molecule has 0 heterocycles. The largest absolute Gasteiger partial charge is 0.508 e. The van der Waals surface area contributed by atoms with Crippen LogP contribution in [0.2, 0.25) is 0 Å². The van der Waals surface area contributed by atoms with Crippen LogP contribution in [0.5, 0.6) is 11.5 Å². The molecule has 2 rings (SSSR count). The lowest BCUT2D eigenvalue weighted by atomic mass is 10.0. The minimum Gasteiger partial charge on any atom is -0.508 e. The van der Waals surface area contributed by atoms with Gasteiger partial charge in [-0.05, 0) is 36.6 Å². The highest BCUT2D eigenvalue weighted by molar-refractivity contribution is 6.03. The van der Waals surface area contributed by atoms with Crippen LogP contribution in [0, 0.1) is 0 Å². The van der Waals surface area contributed by atoms with Crippen LogP contribution >= 0.6 is 0 Å². The van der Waals surface area contributed by atoms with Crippen molar-refractivity contribution in [2.24, 2.45) is 0 Å². The van der Waals surface area contributed by atoms with E-state index in [1.807, 2.05) is 0 Å². The molecule has 0 spiro atoms. The predicted octanol–water partition coefficient (Wildman–Crippen LogP) is 2.45. The van der Waals surface area contributed by atoms with Gasteiger partial charge >= 0.3 is 0 Å². The highest BCUT2D eigenvalue weighted by atomic mass is 16.3. The lowest BCUT2D eigenvalue weighted by Gasteiger charge is -2.05. The van der Waals surface area contributed by atoms with Crippen molar-refractivity contribution >= 4 is 16.6 Å². The van der Waals surface area contributed by atoms with Gasteiger partial charge in [-0.2, -0.15) is 0 Å². The first-order chi connectivity index (χ1) is 7.09. The second kappa shape index (κ2) is 3.28. The van der Waals surface area contributed by atoms with Crippen LogP contribution in [-0.2, 0) is 0 Å². The molecule has 3 heteroatoms. The number of fused-ring (bicyclic) bond motifs is 1. The summed E-state index contributed by atoms with van der Waals surface area (Å²) in [5.41, 5.74) is 0.299. The Hall–Kier alpha value is -2.03. The molecule has 76 valence electrons. The van der Waals surface area contributed by atoms with Gasteiger partial charge in [-0.25, -0.2) is 0 Å². The molecule has 0 saturated carbocycles. The summed E-state index contributed by atoms with van der Waals surface area (Å²) in [6, 6.07) is 7.86. The number of rotatable bonds is 1.